The molecule has 0 amide bonds. The molecule has 0 saturated heterocycles. The number of rotatable bonds is 16. The zero-order valence-electron chi connectivity index (χ0n) is 14.2. The molecule has 2 atom stereocenters. The average molecular weight is 335 g/mol. The number of aliphatic hydroxyl groups is 1. The normalized spacial score (nSPS) is 14.0. The third kappa shape index (κ3) is 14.6. The van der Waals surface area contributed by atoms with Gasteiger partial charge in [-0.2, -0.15) is 0 Å². The first kappa shape index (κ1) is 21.7. The van der Waals surface area contributed by atoms with Gasteiger partial charge in [-0.25, -0.2) is 0 Å². The molecule has 0 heterocycles. The van der Waals surface area contributed by atoms with E-state index >= 15 is 0 Å². The summed E-state index contributed by atoms with van der Waals surface area (Å²) < 4.78 is 0. The monoisotopic (exact) mass is 334 g/mol. The molecule has 0 fully saturated rings. The lowest BCUT2D eigenvalue weighted by atomic mass is 10.0. The Morgan fingerprint density at radius 2 is 1.36 bits per heavy atom. The van der Waals surface area contributed by atoms with Gasteiger partial charge in [0.1, 0.15) is 0 Å². The van der Waals surface area contributed by atoms with Gasteiger partial charge in [-0.3, -0.25) is 4.79 Å². The van der Waals surface area contributed by atoms with E-state index in [9.17, 15) is 9.90 Å². The summed E-state index contributed by atoms with van der Waals surface area (Å²) in [4.78, 5) is 10.4. The zero-order valence-corrected chi connectivity index (χ0v) is 15.0. The molecular formula is C18H35ClO3. The maximum absolute atomic E-state index is 10.4. The fourth-order valence-corrected chi connectivity index (χ4v) is 2.93. The first-order valence-electron chi connectivity index (χ1n) is 9.11. The molecule has 2 N–H and O–H groups in total. The molecule has 0 aliphatic heterocycles. The van der Waals surface area contributed by atoms with Crippen molar-refractivity contribution in [3.63, 3.8) is 0 Å². The molecule has 0 bridgehead atoms. The summed E-state index contributed by atoms with van der Waals surface area (Å²) in [5, 5.41) is 18.4. The Labute approximate surface area is 141 Å². The van der Waals surface area contributed by atoms with Gasteiger partial charge in [0.05, 0.1) is 11.5 Å². The van der Waals surface area contributed by atoms with Crippen molar-refractivity contribution in [2.75, 3.05) is 0 Å². The van der Waals surface area contributed by atoms with Crippen LogP contribution >= 0.6 is 11.6 Å². The van der Waals surface area contributed by atoms with Crippen LogP contribution in [0.1, 0.15) is 96.8 Å². The number of carboxylic acid groups (broad SMARTS) is 1. The van der Waals surface area contributed by atoms with Gasteiger partial charge in [0.25, 0.3) is 0 Å². The fraction of sp³-hybridized carbons (Fsp3) is 0.944. The number of hydrogen-bond acceptors (Lipinski definition) is 2. The number of aliphatic carboxylic acids is 1. The van der Waals surface area contributed by atoms with Crippen LogP contribution in [-0.4, -0.2) is 27.7 Å². The Balaban J connectivity index is 3.33. The predicted molar refractivity (Wildman–Crippen MR) is 93.6 cm³/mol. The lowest BCUT2D eigenvalue weighted by molar-refractivity contribution is -0.137. The minimum Gasteiger partial charge on any atom is -0.481 e. The molecule has 2 unspecified atom stereocenters. The van der Waals surface area contributed by atoms with Crippen molar-refractivity contribution >= 4 is 17.6 Å². The van der Waals surface area contributed by atoms with E-state index in [1.807, 2.05) is 0 Å². The minimum absolute atomic E-state index is 0.0998. The molecule has 132 valence electrons. The van der Waals surface area contributed by atoms with Crippen LogP contribution in [0.2, 0.25) is 0 Å². The highest BCUT2D eigenvalue weighted by molar-refractivity contribution is 6.21. The van der Waals surface area contributed by atoms with E-state index in [2.05, 4.69) is 6.92 Å². The number of alkyl halides is 1. The van der Waals surface area contributed by atoms with Crippen molar-refractivity contribution in [1.29, 1.82) is 0 Å². The van der Waals surface area contributed by atoms with Crippen molar-refractivity contribution in [2.24, 2.45) is 0 Å². The van der Waals surface area contributed by atoms with Gasteiger partial charge < -0.3 is 10.2 Å². The van der Waals surface area contributed by atoms with Crippen LogP contribution in [0.4, 0.5) is 0 Å². The SMILES string of the molecule is CCCCCCC(O)C(Cl)CCCCCCCCCC(=O)O. The van der Waals surface area contributed by atoms with E-state index in [0.717, 1.165) is 51.4 Å². The lowest BCUT2D eigenvalue weighted by Crippen LogP contribution is -2.20. The third-order valence-electron chi connectivity index (χ3n) is 4.14. The quantitative estimate of drug-likeness (QED) is 0.288. The topological polar surface area (TPSA) is 57.5 Å². The number of unbranched alkanes of at least 4 members (excludes halogenated alkanes) is 9. The van der Waals surface area contributed by atoms with Crippen LogP contribution in [0.25, 0.3) is 0 Å². The maximum Gasteiger partial charge on any atom is 0.303 e. The molecule has 0 rings (SSSR count). The van der Waals surface area contributed by atoms with Gasteiger partial charge in [-0.15, -0.1) is 11.6 Å². The Hall–Kier alpha value is -0.280. The predicted octanol–water partition coefficient (Wildman–Crippen LogP) is 5.52. The Kier molecular flexibility index (Phi) is 15.4. The summed E-state index contributed by atoms with van der Waals surface area (Å²) in [5.41, 5.74) is 0. The van der Waals surface area contributed by atoms with Crippen LogP contribution in [0.15, 0.2) is 0 Å². The molecule has 0 aromatic carbocycles. The van der Waals surface area contributed by atoms with Crippen LogP contribution in [0, 0.1) is 0 Å². The smallest absolute Gasteiger partial charge is 0.303 e. The van der Waals surface area contributed by atoms with E-state index in [-0.39, 0.29) is 11.5 Å². The van der Waals surface area contributed by atoms with Gasteiger partial charge in [-0.05, 0) is 19.3 Å². The first-order valence-corrected chi connectivity index (χ1v) is 9.55. The highest BCUT2D eigenvalue weighted by Gasteiger charge is 2.15. The molecule has 0 aromatic rings. The molecular weight excluding hydrogens is 300 g/mol. The number of aliphatic hydroxyl groups excluding tert-OH is 1. The Bertz CT molecular complexity index is 259. The average Bonchev–Trinajstić information content (AvgIpc) is 2.49. The number of carbonyl (C=O) groups is 1. The molecule has 22 heavy (non-hydrogen) atoms. The Morgan fingerprint density at radius 3 is 1.95 bits per heavy atom. The van der Waals surface area contributed by atoms with Gasteiger partial charge >= 0.3 is 5.97 Å². The van der Waals surface area contributed by atoms with Gasteiger partial charge in [0, 0.05) is 6.42 Å². The summed E-state index contributed by atoms with van der Waals surface area (Å²) in [7, 11) is 0. The Morgan fingerprint density at radius 1 is 0.864 bits per heavy atom. The van der Waals surface area contributed by atoms with Crippen molar-refractivity contribution < 1.29 is 15.0 Å². The summed E-state index contributed by atoms with van der Waals surface area (Å²) in [6.45, 7) is 2.19. The molecule has 0 spiro atoms. The molecule has 3 nitrogen and oxygen atoms in total. The van der Waals surface area contributed by atoms with Gasteiger partial charge in [-0.1, -0.05) is 71.1 Å². The summed E-state index contributed by atoms with van der Waals surface area (Å²) in [6, 6.07) is 0. The number of hydrogen-bond donors (Lipinski definition) is 2. The second-order valence-corrected chi connectivity index (χ2v) is 6.90. The third-order valence-corrected chi connectivity index (χ3v) is 4.65. The molecule has 0 aliphatic carbocycles. The second kappa shape index (κ2) is 15.6. The van der Waals surface area contributed by atoms with Crippen molar-refractivity contribution in [3.8, 4) is 0 Å². The van der Waals surface area contributed by atoms with Crippen LogP contribution in [0.3, 0.4) is 0 Å². The second-order valence-electron chi connectivity index (χ2n) is 6.34. The fourth-order valence-electron chi connectivity index (χ4n) is 2.65. The highest BCUT2D eigenvalue weighted by atomic mass is 35.5. The zero-order chi connectivity index (χ0) is 16.6. The highest BCUT2D eigenvalue weighted by Crippen LogP contribution is 2.18. The number of halogens is 1. The van der Waals surface area contributed by atoms with Gasteiger partial charge in [0.15, 0.2) is 0 Å². The first-order chi connectivity index (χ1) is 10.6. The van der Waals surface area contributed by atoms with Crippen molar-refractivity contribution in [2.45, 2.75) is 108 Å². The summed E-state index contributed by atoms with van der Waals surface area (Å²) in [6.07, 6.45) is 13.9. The van der Waals surface area contributed by atoms with Gasteiger partial charge in [0.2, 0.25) is 0 Å². The van der Waals surface area contributed by atoms with E-state index < -0.39 is 5.97 Å². The van der Waals surface area contributed by atoms with Crippen LogP contribution in [-0.2, 0) is 4.79 Å². The van der Waals surface area contributed by atoms with E-state index in [4.69, 9.17) is 16.7 Å². The summed E-state index contributed by atoms with van der Waals surface area (Å²) in [5.74, 6) is -0.693. The van der Waals surface area contributed by atoms with Crippen LogP contribution < -0.4 is 0 Å². The molecule has 0 aromatic heterocycles. The molecule has 0 radical (unpaired) electrons. The van der Waals surface area contributed by atoms with Crippen LogP contribution in [0.5, 0.6) is 0 Å². The standard InChI is InChI=1S/C18H35ClO3/c1-2-3-4-11-14-17(20)16(19)13-10-8-6-5-7-9-12-15-18(21)22/h16-17,20H,2-15H2,1H3,(H,21,22). The molecule has 0 aliphatic rings. The lowest BCUT2D eigenvalue weighted by Gasteiger charge is -2.16. The van der Waals surface area contributed by atoms with E-state index in [1.165, 1.54) is 32.1 Å². The minimum atomic E-state index is -0.693. The van der Waals surface area contributed by atoms with Crippen molar-refractivity contribution in [3.05, 3.63) is 0 Å². The largest absolute Gasteiger partial charge is 0.481 e. The van der Waals surface area contributed by atoms with E-state index in [0.29, 0.717) is 6.42 Å². The number of carboxylic acids is 1. The molecule has 4 heteroatoms. The van der Waals surface area contributed by atoms with E-state index in [1.54, 1.807) is 0 Å². The summed E-state index contributed by atoms with van der Waals surface area (Å²) >= 11 is 6.25. The van der Waals surface area contributed by atoms with Crippen molar-refractivity contribution in [1.82, 2.24) is 0 Å². The maximum atomic E-state index is 10.4. The molecule has 0 saturated carbocycles.